The first kappa shape index (κ1) is 32.5. The number of rotatable bonds is 8. The van der Waals surface area contributed by atoms with Gasteiger partial charge in [0.25, 0.3) is 0 Å². The number of benzene rings is 4. The monoisotopic (exact) mass is 692 g/mol. The summed E-state index contributed by atoms with van der Waals surface area (Å²) in [4.78, 5) is 29.9. The van der Waals surface area contributed by atoms with Crippen LogP contribution in [0.4, 0.5) is 0 Å². The molecule has 0 amide bonds. The average Bonchev–Trinajstić information content (AvgIpc) is 3.27. The largest absolute Gasteiger partial charge is 0.256 e. The van der Waals surface area contributed by atoms with Crippen molar-refractivity contribution in [2.24, 2.45) is 0 Å². The zero-order valence-electron chi connectivity index (χ0n) is 29.2. The molecule has 0 N–H and O–H groups in total. The summed E-state index contributed by atoms with van der Waals surface area (Å²) >= 11 is 0. The number of nitrogens with zero attached hydrogens (tertiary/aromatic N) is 6. The van der Waals surface area contributed by atoms with Crippen LogP contribution < -0.4 is 0 Å². The van der Waals surface area contributed by atoms with E-state index in [1.54, 1.807) is 12.4 Å². The fraction of sp³-hybridized carbons (Fsp3) is 0. The molecule has 9 aromatic rings. The van der Waals surface area contributed by atoms with E-state index in [9.17, 15) is 0 Å². The smallest absolute Gasteiger partial charge is 0.0973 e. The Morgan fingerprint density at radius 3 is 1.09 bits per heavy atom. The van der Waals surface area contributed by atoms with Gasteiger partial charge in [0.1, 0.15) is 0 Å². The molecular weight excluding hydrogens is 661 g/mol. The third-order valence-electron chi connectivity index (χ3n) is 9.24. The zero-order chi connectivity index (χ0) is 36.1. The maximum Gasteiger partial charge on any atom is 0.0973 e. The van der Waals surface area contributed by atoms with Crippen molar-refractivity contribution in [3.05, 3.63) is 195 Å². The predicted molar refractivity (Wildman–Crippen MR) is 217 cm³/mol. The molecule has 0 spiro atoms. The Labute approximate surface area is 313 Å². The number of hydrogen-bond acceptors (Lipinski definition) is 6. The Morgan fingerprint density at radius 2 is 0.611 bits per heavy atom. The molecule has 6 heteroatoms. The Hall–Kier alpha value is -7.44. The highest BCUT2D eigenvalue weighted by atomic mass is 14.9. The summed E-state index contributed by atoms with van der Waals surface area (Å²) in [6.45, 7) is 0. The lowest BCUT2D eigenvalue weighted by molar-refractivity contribution is 1.21. The summed E-state index contributed by atoms with van der Waals surface area (Å²) in [5.74, 6) is 0. The Bertz CT molecular complexity index is 2630. The maximum absolute atomic E-state index is 5.52. The van der Waals surface area contributed by atoms with Gasteiger partial charge in [-0.15, -0.1) is 0 Å². The minimum atomic E-state index is 0.768. The van der Waals surface area contributed by atoms with Crippen molar-refractivity contribution in [3.63, 3.8) is 0 Å². The average molecular weight is 693 g/mol. The van der Waals surface area contributed by atoms with Crippen LogP contribution in [0, 0.1) is 0 Å². The van der Waals surface area contributed by atoms with Gasteiger partial charge in [-0.3, -0.25) is 15.0 Å². The molecule has 0 bridgehead atoms. The van der Waals surface area contributed by atoms with Crippen molar-refractivity contribution >= 4 is 0 Å². The van der Waals surface area contributed by atoms with Gasteiger partial charge in [-0.25, -0.2) is 15.0 Å². The van der Waals surface area contributed by atoms with Gasteiger partial charge in [-0.1, -0.05) is 115 Å². The lowest BCUT2D eigenvalue weighted by atomic mass is 9.95. The molecule has 6 nitrogen and oxygen atoms in total. The molecule has 5 heterocycles. The summed E-state index contributed by atoms with van der Waals surface area (Å²) in [5, 5.41) is 0. The molecule has 54 heavy (non-hydrogen) atoms. The molecule has 4 aromatic carbocycles. The lowest BCUT2D eigenvalue weighted by Gasteiger charge is -2.17. The molecule has 0 unspecified atom stereocenters. The Balaban J connectivity index is 1.27. The number of aromatic nitrogens is 6. The van der Waals surface area contributed by atoms with Crippen LogP contribution in [0.25, 0.3) is 90.2 Å². The Kier molecular flexibility index (Phi) is 8.81. The van der Waals surface area contributed by atoms with Gasteiger partial charge in [0, 0.05) is 46.4 Å². The van der Waals surface area contributed by atoms with Gasteiger partial charge in [-0.05, 0) is 71.8 Å². The molecule has 0 aliphatic rings. The SMILES string of the molecule is c1ccc(-c2nc(-c3cccc(-c4cc(-c5ccccn5)nc(-c5ccccn5)c4)c3)c(-c3cccc(-c4ccccn4)c3)nc2-c2ccccc2)cc1. The molecule has 0 fully saturated rings. The third-order valence-corrected chi connectivity index (χ3v) is 9.24. The second kappa shape index (κ2) is 14.7. The van der Waals surface area contributed by atoms with E-state index in [0.29, 0.717) is 0 Å². The van der Waals surface area contributed by atoms with E-state index in [-0.39, 0.29) is 0 Å². The topological polar surface area (TPSA) is 77.3 Å². The van der Waals surface area contributed by atoms with Crippen molar-refractivity contribution in [3.8, 4) is 90.2 Å². The third kappa shape index (κ3) is 6.67. The summed E-state index contributed by atoms with van der Waals surface area (Å²) in [5.41, 5.74) is 14.1. The van der Waals surface area contributed by atoms with E-state index < -0.39 is 0 Å². The van der Waals surface area contributed by atoms with Gasteiger partial charge < -0.3 is 0 Å². The fourth-order valence-corrected chi connectivity index (χ4v) is 6.63. The van der Waals surface area contributed by atoms with Gasteiger partial charge in [0.15, 0.2) is 0 Å². The van der Waals surface area contributed by atoms with Crippen LogP contribution in [-0.2, 0) is 0 Å². The van der Waals surface area contributed by atoms with Crippen LogP contribution in [0.15, 0.2) is 195 Å². The summed E-state index contributed by atoms with van der Waals surface area (Å²) in [6.07, 6.45) is 5.40. The normalized spacial score (nSPS) is 11.0. The first-order valence-electron chi connectivity index (χ1n) is 17.8. The van der Waals surface area contributed by atoms with Crippen molar-refractivity contribution in [1.82, 2.24) is 29.9 Å². The lowest BCUT2D eigenvalue weighted by Crippen LogP contribution is -2.01. The van der Waals surface area contributed by atoms with Crippen LogP contribution >= 0.6 is 0 Å². The molecule has 254 valence electrons. The quantitative estimate of drug-likeness (QED) is 0.158. The summed E-state index contributed by atoms with van der Waals surface area (Å²) < 4.78 is 0. The number of pyridine rings is 4. The van der Waals surface area contributed by atoms with Crippen LogP contribution in [0.1, 0.15) is 0 Å². The van der Waals surface area contributed by atoms with Crippen molar-refractivity contribution in [1.29, 1.82) is 0 Å². The van der Waals surface area contributed by atoms with E-state index in [4.69, 9.17) is 15.0 Å². The second-order valence-corrected chi connectivity index (χ2v) is 12.8. The second-order valence-electron chi connectivity index (χ2n) is 12.8. The molecule has 0 atom stereocenters. The first-order valence-corrected chi connectivity index (χ1v) is 17.8. The van der Waals surface area contributed by atoms with Gasteiger partial charge in [-0.2, -0.15) is 0 Å². The summed E-state index contributed by atoms with van der Waals surface area (Å²) in [7, 11) is 0. The standard InChI is InChI=1S/C48H32N6/c1-3-15-33(16-4-1)45-46(34-17-5-2-6-18-34)54-48(38-22-14-20-36(30-38)40-23-7-10-26-49-40)47(53-45)37-21-13-19-35(29-37)39-31-43(41-24-8-11-27-50-41)52-44(32-39)42-25-9-12-28-51-42/h1-32H. The highest BCUT2D eigenvalue weighted by Gasteiger charge is 2.21. The molecule has 0 aliphatic heterocycles. The maximum atomic E-state index is 5.52. The minimum absolute atomic E-state index is 0.768. The van der Waals surface area contributed by atoms with Crippen LogP contribution in [0.2, 0.25) is 0 Å². The highest BCUT2D eigenvalue weighted by Crippen LogP contribution is 2.39. The molecule has 0 saturated heterocycles. The van der Waals surface area contributed by atoms with E-state index in [1.807, 2.05) is 97.2 Å². The van der Waals surface area contributed by atoms with E-state index in [2.05, 4.69) is 99.9 Å². The molecule has 5 aromatic heterocycles. The van der Waals surface area contributed by atoms with Gasteiger partial charge in [0.2, 0.25) is 0 Å². The molecular formula is C48H32N6. The summed E-state index contributed by atoms with van der Waals surface area (Å²) in [6, 6.07) is 59.3. The Morgan fingerprint density at radius 1 is 0.222 bits per heavy atom. The van der Waals surface area contributed by atoms with E-state index >= 15 is 0 Å². The van der Waals surface area contributed by atoms with Crippen molar-refractivity contribution in [2.75, 3.05) is 0 Å². The van der Waals surface area contributed by atoms with Crippen LogP contribution in [-0.4, -0.2) is 29.9 Å². The molecule has 0 radical (unpaired) electrons. The highest BCUT2D eigenvalue weighted by molar-refractivity contribution is 5.88. The van der Waals surface area contributed by atoms with E-state index in [0.717, 1.165) is 90.2 Å². The molecule has 0 saturated carbocycles. The first-order chi connectivity index (χ1) is 26.8. The van der Waals surface area contributed by atoms with Crippen molar-refractivity contribution in [2.45, 2.75) is 0 Å². The number of hydrogen-bond donors (Lipinski definition) is 0. The minimum Gasteiger partial charge on any atom is -0.256 e. The van der Waals surface area contributed by atoms with Crippen LogP contribution in [0.5, 0.6) is 0 Å². The van der Waals surface area contributed by atoms with Crippen molar-refractivity contribution < 1.29 is 0 Å². The fourth-order valence-electron chi connectivity index (χ4n) is 6.63. The zero-order valence-corrected chi connectivity index (χ0v) is 29.2. The van der Waals surface area contributed by atoms with Gasteiger partial charge >= 0.3 is 0 Å². The molecule has 9 rings (SSSR count). The van der Waals surface area contributed by atoms with Gasteiger partial charge in [0.05, 0.1) is 51.2 Å². The van der Waals surface area contributed by atoms with E-state index in [1.165, 1.54) is 0 Å². The van der Waals surface area contributed by atoms with Crippen LogP contribution in [0.3, 0.4) is 0 Å². The molecule has 0 aliphatic carbocycles. The predicted octanol–water partition coefficient (Wildman–Crippen LogP) is 11.4.